The van der Waals surface area contributed by atoms with E-state index in [-0.39, 0.29) is 49.5 Å². The number of likely N-dealkylation sites (tertiary alicyclic amines) is 1. The minimum Gasteiger partial charge on any atom is -0.494 e. The average Bonchev–Trinajstić information content (AvgIpc) is 3.82. The maximum atomic E-state index is 14.8. The number of carboxylic acid groups (broad SMARTS) is 1. The number of allylic oxidation sites excluding steroid dienone is 1. The van der Waals surface area contributed by atoms with Gasteiger partial charge in [-0.25, -0.2) is 9.97 Å². The lowest BCUT2D eigenvalue weighted by atomic mass is 9.77. The smallest absolute Gasteiger partial charge is 0.310 e. The SMILES string of the molecule is C=C[C@@H]1C[C@]1(CC(=O)[C@@H]1C[C@@H](Oc2cc(-c3csc(CC(C)C)n3)nc3cc(OCCC)ccc23)CN1C(=O)[C@@H](CC(=O)OC1C[C@@H]2C[C@@H]2C1)C(C)(C)C)C(=O)O. The second-order valence-electron chi connectivity index (χ2n) is 18.4. The number of carbonyl (C=O) groups is 4. The Morgan fingerprint density at radius 2 is 1.81 bits per heavy atom. The molecule has 1 unspecified atom stereocenters. The minimum atomic E-state index is -1.24. The largest absolute Gasteiger partial charge is 0.494 e. The van der Waals surface area contributed by atoms with E-state index in [0.717, 1.165) is 41.8 Å². The van der Waals surface area contributed by atoms with Crippen molar-refractivity contribution in [3.05, 3.63) is 47.3 Å². The highest BCUT2D eigenvalue weighted by molar-refractivity contribution is 7.09. The number of esters is 1. The van der Waals surface area contributed by atoms with Crippen LogP contribution in [-0.4, -0.2) is 75.0 Å². The summed E-state index contributed by atoms with van der Waals surface area (Å²) in [6.45, 7) is 16.6. The molecular formula is C45H57N3O8S. The van der Waals surface area contributed by atoms with Gasteiger partial charge < -0.3 is 24.2 Å². The summed E-state index contributed by atoms with van der Waals surface area (Å²) in [5.74, 6) is -0.262. The predicted octanol–water partition coefficient (Wildman–Crippen LogP) is 8.32. The Morgan fingerprint density at radius 3 is 2.46 bits per heavy atom. The van der Waals surface area contributed by atoms with Crippen molar-refractivity contribution in [3.8, 4) is 22.9 Å². The van der Waals surface area contributed by atoms with Gasteiger partial charge in [0.15, 0.2) is 5.78 Å². The molecule has 8 atom stereocenters. The number of rotatable bonds is 17. The number of benzene rings is 1. The molecule has 2 aromatic heterocycles. The van der Waals surface area contributed by atoms with Gasteiger partial charge in [-0.15, -0.1) is 17.9 Å². The Balaban J connectivity index is 1.19. The normalized spacial score (nSPS) is 26.9. The first kappa shape index (κ1) is 40.9. The van der Waals surface area contributed by atoms with Crippen molar-refractivity contribution in [2.24, 2.45) is 40.4 Å². The number of carbonyl (C=O) groups excluding carboxylic acids is 3. The minimum absolute atomic E-state index is 0.0832. The van der Waals surface area contributed by atoms with E-state index in [1.165, 1.54) is 6.42 Å². The van der Waals surface area contributed by atoms with Crippen LogP contribution in [0.15, 0.2) is 42.3 Å². The van der Waals surface area contributed by atoms with E-state index in [4.69, 9.17) is 24.2 Å². The van der Waals surface area contributed by atoms with Crippen molar-refractivity contribution in [2.75, 3.05) is 13.2 Å². The number of fused-ring (bicyclic) bond motifs is 2. The van der Waals surface area contributed by atoms with Gasteiger partial charge in [0.1, 0.15) is 23.7 Å². The molecule has 1 saturated heterocycles. The molecule has 4 fully saturated rings. The first-order valence-electron chi connectivity index (χ1n) is 20.7. The molecule has 1 aromatic carbocycles. The monoisotopic (exact) mass is 799 g/mol. The fraction of sp³-hybridized carbons (Fsp3) is 0.600. The van der Waals surface area contributed by atoms with Crippen LogP contribution in [0.5, 0.6) is 11.5 Å². The van der Waals surface area contributed by atoms with Crippen LogP contribution in [0.4, 0.5) is 0 Å². The summed E-state index contributed by atoms with van der Waals surface area (Å²) in [5.41, 5.74) is 0.147. The summed E-state index contributed by atoms with van der Waals surface area (Å²) in [6.07, 6.45) is 5.69. The Bertz CT molecular complexity index is 2030. The fourth-order valence-corrected chi connectivity index (χ4v) is 9.92. The third-order valence-corrected chi connectivity index (χ3v) is 13.2. The summed E-state index contributed by atoms with van der Waals surface area (Å²) in [7, 11) is 0. The number of carboxylic acids is 1. The highest BCUT2D eigenvalue weighted by atomic mass is 32.1. The number of hydrogen-bond acceptors (Lipinski definition) is 10. The van der Waals surface area contributed by atoms with Crippen LogP contribution in [0.1, 0.15) is 97.9 Å². The lowest BCUT2D eigenvalue weighted by Crippen LogP contribution is -2.48. The van der Waals surface area contributed by atoms with Crippen LogP contribution in [-0.2, 0) is 30.3 Å². The zero-order chi connectivity index (χ0) is 40.8. The van der Waals surface area contributed by atoms with Crippen molar-refractivity contribution >= 4 is 45.9 Å². The molecule has 0 radical (unpaired) electrons. The molecule has 0 spiro atoms. The Kier molecular flexibility index (Phi) is 11.6. The summed E-state index contributed by atoms with van der Waals surface area (Å²) in [6, 6.07) is 6.60. The number of amides is 1. The molecule has 1 aliphatic heterocycles. The number of nitrogens with zero attached hydrogens (tertiary/aromatic N) is 3. The number of pyridine rings is 1. The molecule has 3 aliphatic carbocycles. The van der Waals surface area contributed by atoms with Gasteiger partial charge in [0, 0.05) is 42.2 Å². The molecular weight excluding hydrogens is 743 g/mol. The summed E-state index contributed by atoms with van der Waals surface area (Å²) >= 11 is 1.59. The molecule has 1 N–H and O–H groups in total. The summed E-state index contributed by atoms with van der Waals surface area (Å²) in [5, 5.41) is 14.0. The first-order chi connectivity index (χ1) is 27.1. The molecule has 0 bridgehead atoms. The summed E-state index contributed by atoms with van der Waals surface area (Å²) in [4.78, 5) is 66.4. The topological polar surface area (TPSA) is 145 Å². The predicted molar refractivity (Wildman–Crippen MR) is 218 cm³/mol. The lowest BCUT2D eigenvalue weighted by molar-refractivity contribution is -0.157. The molecule has 12 heteroatoms. The molecule has 3 aromatic rings. The number of ketones is 1. The fourth-order valence-electron chi connectivity index (χ4n) is 8.91. The van der Waals surface area contributed by atoms with E-state index in [1.807, 2.05) is 57.3 Å². The molecule has 1 amide bonds. The van der Waals surface area contributed by atoms with E-state index in [0.29, 0.717) is 53.5 Å². The molecule has 57 heavy (non-hydrogen) atoms. The number of Topliss-reactive ketones (excluding diaryl/α,β-unsaturated/α-hetero) is 1. The van der Waals surface area contributed by atoms with E-state index in [2.05, 4.69) is 20.4 Å². The number of thiazole rings is 1. The molecule has 11 nitrogen and oxygen atoms in total. The lowest BCUT2D eigenvalue weighted by Gasteiger charge is -2.35. The van der Waals surface area contributed by atoms with Crippen LogP contribution >= 0.6 is 11.3 Å². The van der Waals surface area contributed by atoms with Crippen molar-refractivity contribution in [3.63, 3.8) is 0 Å². The van der Waals surface area contributed by atoms with Crippen molar-refractivity contribution in [1.82, 2.24) is 14.9 Å². The zero-order valence-electron chi connectivity index (χ0n) is 34.1. The van der Waals surface area contributed by atoms with Gasteiger partial charge in [0.05, 0.1) is 58.9 Å². The molecule has 3 saturated carbocycles. The van der Waals surface area contributed by atoms with Gasteiger partial charge in [-0.1, -0.05) is 47.6 Å². The van der Waals surface area contributed by atoms with Crippen molar-refractivity contribution < 1.29 is 38.5 Å². The van der Waals surface area contributed by atoms with Gasteiger partial charge in [-0.2, -0.15) is 0 Å². The zero-order valence-corrected chi connectivity index (χ0v) is 34.9. The van der Waals surface area contributed by atoms with Gasteiger partial charge in [-0.3, -0.25) is 19.2 Å². The highest BCUT2D eigenvalue weighted by Crippen LogP contribution is 2.57. The van der Waals surface area contributed by atoms with Gasteiger partial charge in [-0.05, 0) is 73.3 Å². The molecule has 306 valence electrons. The second-order valence-corrected chi connectivity index (χ2v) is 19.3. The maximum absolute atomic E-state index is 14.8. The van der Waals surface area contributed by atoms with Crippen LogP contribution in [0.2, 0.25) is 0 Å². The summed E-state index contributed by atoms with van der Waals surface area (Å²) < 4.78 is 18.7. The van der Waals surface area contributed by atoms with E-state index >= 15 is 0 Å². The third-order valence-electron chi connectivity index (χ3n) is 12.4. The molecule has 4 aliphatic rings. The molecule has 3 heterocycles. The van der Waals surface area contributed by atoms with Gasteiger partial charge >= 0.3 is 11.9 Å². The van der Waals surface area contributed by atoms with Crippen LogP contribution in [0.3, 0.4) is 0 Å². The quantitative estimate of drug-likeness (QED) is 0.105. The highest BCUT2D eigenvalue weighted by Gasteiger charge is 2.61. The van der Waals surface area contributed by atoms with Crippen LogP contribution < -0.4 is 9.47 Å². The van der Waals surface area contributed by atoms with Crippen LogP contribution in [0, 0.1) is 40.4 Å². The van der Waals surface area contributed by atoms with E-state index < -0.39 is 40.8 Å². The van der Waals surface area contributed by atoms with E-state index in [9.17, 15) is 24.3 Å². The first-order valence-corrected chi connectivity index (χ1v) is 21.5. The average molecular weight is 800 g/mol. The van der Waals surface area contributed by atoms with Gasteiger partial charge in [0.2, 0.25) is 5.91 Å². The number of hydrogen-bond donors (Lipinski definition) is 1. The standard InChI is InChI=1S/C45H57N3O8S/c1-8-12-54-29-10-11-32-34(17-29)46-35(36-24-57-40(47-36)13-25(3)4)20-39(32)55-31-18-37(38(49)22-45(43(52)53)21-28(45)9-2)48(23-31)42(51)33(44(5,6)7)19-41(50)56-30-15-26-14-27(26)16-30/h9-11,17,20,24-28,30-31,33,37H,2,8,12-16,18-19,21-23H2,1,3-7H3,(H,52,53)/t26-,27+,28-,30?,31-,33-,37+,45-/m1/s1. The number of aliphatic carboxylic acids is 1. The Labute approximate surface area is 339 Å². The van der Waals surface area contributed by atoms with Crippen molar-refractivity contribution in [2.45, 2.75) is 118 Å². The van der Waals surface area contributed by atoms with E-state index in [1.54, 1.807) is 22.3 Å². The van der Waals surface area contributed by atoms with Gasteiger partial charge in [0.25, 0.3) is 0 Å². The molecule has 7 rings (SSSR count). The number of ether oxygens (including phenoxy) is 3. The number of aromatic nitrogens is 2. The van der Waals surface area contributed by atoms with Crippen LogP contribution in [0.25, 0.3) is 22.3 Å². The Morgan fingerprint density at radius 1 is 1.05 bits per heavy atom. The third kappa shape index (κ3) is 8.91. The second kappa shape index (κ2) is 16.1. The van der Waals surface area contributed by atoms with Crippen molar-refractivity contribution in [1.29, 1.82) is 0 Å². The Hall–Kier alpha value is -4.32. The maximum Gasteiger partial charge on any atom is 0.310 e.